The topological polar surface area (TPSA) is 59.1 Å². The van der Waals surface area contributed by atoms with Gasteiger partial charge < -0.3 is 19.3 Å². The van der Waals surface area contributed by atoms with E-state index in [4.69, 9.17) is 21.1 Å². The number of amides is 2. The molecule has 1 aliphatic carbocycles. The number of rotatable bonds is 5. The van der Waals surface area contributed by atoms with Crippen molar-refractivity contribution in [1.29, 1.82) is 0 Å². The van der Waals surface area contributed by atoms with Gasteiger partial charge in [-0.15, -0.1) is 0 Å². The monoisotopic (exact) mass is 378 g/mol. The van der Waals surface area contributed by atoms with Crippen molar-refractivity contribution >= 4 is 29.5 Å². The first-order chi connectivity index (χ1) is 12.5. The Kier molecular flexibility index (Phi) is 5.71. The molecule has 0 N–H and O–H groups in total. The quantitative estimate of drug-likeness (QED) is 0.738. The molecule has 1 aromatic rings. The fraction of sp³-hybridized carbons (Fsp3) is 0.474. The normalized spacial score (nSPS) is 17.5. The van der Waals surface area contributed by atoms with Gasteiger partial charge >= 0.3 is 0 Å². The van der Waals surface area contributed by atoms with Crippen LogP contribution < -0.4 is 9.47 Å². The summed E-state index contributed by atoms with van der Waals surface area (Å²) in [4.78, 5) is 28.1. The van der Waals surface area contributed by atoms with Crippen LogP contribution in [0.25, 0.3) is 6.08 Å². The molecule has 6 nitrogen and oxygen atoms in total. The van der Waals surface area contributed by atoms with Crippen LogP contribution in [0.3, 0.4) is 0 Å². The van der Waals surface area contributed by atoms with Gasteiger partial charge in [-0.05, 0) is 36.6 Å². The zero-order chi connectivity index (χ0) is 18.7. The maximum Gasteiger partial charge on any atom is 0.246 e. The van der Waals surface area contributed by atoms with Crippen molar-refractivity contribution < 1.29 is 19.1 Å². The largest absolute Gasteiger partial charge is 0.493 e. The summed E-state index contributed by atoms with van der Waals surface area (Å²) >= 11 is 6.18. The minimum atomic E-state index is -0.0746. The molecule has 1 saturated carbocycles. The van der Waals surface area contributed by atoms with Gasteiger partial charge in [0.1, 0.15) is 0 Å². The molecule has 1 aromatic carbocycles. The molecule has 3 rings (SSSR count). The highest BCUT2D eigenvalue weighted by atomic mass is 35.5. The van der Waals surface area contributed by atoms with Gasteiger partial charge in [-0.1, -0.05) is 11.6 Å². The van der Waals surface area contributed by atoms with Crippen molar-refractivity contribution in [1.82, 2.24) is 9.80 Å². The van der Waals surface area contributed by atoms with Gasteiger partial charge in [-0.25, -0.2) is 0 Å². The van der Waals surface area contributed by atoms with E-state index in [-0.39, 0.29) is 17.7 Å². The lowest BCUT2D eigenvalue weighted by molar-refractivity contribution is -0.138. The number of ether oxygens (including phenoxy) is 2. The van der Waals surface area contributed by atoms with E-state index in [2.05, 4.69) is 0 Å². The van der Waals surface area contributed by atoms with Crippen LogP contribution in [-0.4, -0.2) is 62.0 Å². The third-order valence-electron chi connectivity index (χ3n) is 4.70. The smallest absolute Gasteiger partial charge is 0.246 e. The minimum absolute atomic E-state index is 0.0746. The van der Waals surface area contributed by atoms with E-state index in [1.165, 1.54) is 20.3 Å². The highest BCUT2D eigenvalue weighted by Gasteiger charge is 2.34. The molecular formula is C19H23ClN2O4. The lowest BCUT2D eigenvalue weighted by atomic mass is 10.1. The van der Waals surface area contributed by atoms with Crippen LogP contribution >= 0.6 is 11.6 Å². The second kappa shape index (κ2) is 7.99. The molecular weight excluding hydrogens is 356 g/mol. The number of piperazine rings is 1. The van der Waals surface area contributed by atoms with Crippen LogP contribution in [-0.2, 0) is 9.59 Å². The molecule has 1 saturated heterocycles. The predicted molar refractivity (Wildman–Crippen MR) is 99.5 cm³/mol. The Labute approximate surface area is 158 Å². The molecule has 0 aromatic heterocycles. The lowest BCUT2D eigenvalue weighted by Crippen LogP contribution is -2.50. The summed E-state index contributed by atoms with van der Waals surface area (Å²) in [6.45, 7) is 2.34. The van der Waals surface area contributed by atoms with Gasteiger partial charge in [0, 0.05) is 38.2 Å². The number of carbonyl (C=O) groups excluding carboxylic acids is 2. The highest BCUT2D eigenvalue weighted by Crippen LogP contribution is 2.36. The van der Waals surface area contributed by atoms with Gasteiger partial charge in [-0.3, -0.25) is 9.59 Å². The Morgan fingerprint density at radius 1 is 1.08 bits per heavy atom. The summed E-state index contributed by atoms with van der Waals surface area (Å²) < 4.78 is 10.5. The number of nitrogens with zero attached hydrogens (tertiary/aromatic N) is 2. The fourth-order valence-electron chi connectivity index (χ4n) is 3.04. The third kappa shape index (κ3) is 4.12. The second-order valence-corrected chi connectivity index (χ2v) is 6.90. The number of hydrogen-bond donors (Lipinski definition) is 0. The molecule has 1 heterocycles. The van der Waals surface area contributed by atoms with E-state index in [1.54, 1.807) is 23.1 Å². The van der Waals surface area contributed by atoms with Crippen LogP contribution in [0.4, 0.5) is 0 Å². The number of carbonyl (C=O) groups is 2. The maximum atomic E-state index is 12.4. The van der Waals surface area contributed by atoms with E-state index in [9.17, 15) is 9.59 Å². The van der Waals surface area contributed by atoms with Crippen molar-refractivity contribution in [3.8, 4) is 11.5 Å². The molecule has 1 aliphatic heterocycles. The fourth-order valence-corrected chi connectivity index (χ4v) is 3.34. The van der Waals surface area contributed by atoms with Crippen molar-refractivity contribution in [3.63, 3.8) is 0 Å². The number of halogens is 1. The molecule has 0 bridgehead atoms. The third-order valence-corrected chi connectivity index (χ3v) is 4.98. The van der Waals surface area contributed by atoms with Crippen LogP contribution in [0, 0.1) is 5.92 Å². The van der Waals surface area contributed by atoms with Gasteiger partial charge in [-0.2, -0.15) is 0 Å². The van der Waals surface area contributed by atoms with E-state index in [0.717, 1.165) is 18.4 Å². The Morgan fingerprint density at radius 3 is 2.31 bits per heavy atom. The number of methoxy groups -OCH3 is 2. The Hall–Kier alpha value is -2.21. The summed E-state index contributed by atoms with van der Waals surface area (Å²) in [5.74, 6) is 1.38. The average molecular weight is 379 g/mol. The second-order valence-electron chi connectivity index (χ2n) is 6.50. The van der Waals surface area contributed by atoms with Gasteiger partial charge in [0.15, 0.2) is 11.5 Å². The van der Waals surface area contributed by atoms with Crippen LogP contribution in [0.15, 0.2) is 18.2 Å². The lowest BCUT2D eigenvalue weighted by Gasteiger charge is -2.34. The van der Waals surface area contributed by atoms with Crippen molar-refractivity contribution in [2.24, 2.45) is 5.92 Å². The summed E-state index contributed by atoms with van der Waals surface area (Å²) in [6.07, 6.45) is 5.25. The SMILES string of the molecule is COc1cc(/C=C/C(=O)N2CCN(C(=O)C3CC3)CC2)cc(Cl)c1OC. The molecule has 7 heteroatoms. The average Bonchev–Trinajstić information content (AvgIpc) is 3.50. The van der Waals surface area contributed by atoms with Crippen LogP contribution in [0.1, 0.15) is 18.4 Å². The molecule has 0 radical (unpaired) electrons. The van der Waals surface area contributed by atoms with Crippen LogP contribution in [0.2, 0.25) is 5.02 Å². The molecule has 2 aliphatic rings. The summed E-state index contributed by atoms with van der Waals surface area (Å²) in [5.41, 5.74) is 0.753. The Bertz CT molecular complexity index is 722. The molecule has 0 unspecified atom stereocenters. The van der Waals surface area contributed by atoms with Crippen molar-refractivity contribution in [2.45, 2.75) is 12.8 Å². The first-order valence-electron chi connectivity index (χ1n) is 8.70. The predicted octanol–water partition coefficient (Wildman–Crippen LogP) is 2.45. The van der Waals surface area contributed by atoms with Gasteiger partial charge in [0.2, 0.25) is 11.8 Å². The summed E-state index contributed by atoms with van der Waals surface area (Å²) in [7, 11) is 3.06. The van der Waals surface area contributed by atoms with Crippen LogP contribution in [0.5, 0.6) is 11.5 Å². The zero-order valence-corrected chi connectivity index (χ0v) is 15.8. The highest BCUT2D eigenvalue weighted by molar-refractivity contribution is 6.32. The molecule has 2 amide bonds. The molecule has 0 spiro atoms. The van der Waals surface area contributed by atoms with Gasteiger partial charge in [0.05, 0.1) is 19.2 Å². The Balaban J connectivity index is 1.59. The molecule has 0 atom stereocenters. The van der Waals surface area contributed by atoms with E-state index in [0.29, 0.717) is 42.7 Å². The van der Waals surface area contributed by atoms with E-state index in [1.807, 2.05) is 4.90 Å². The molecule has 140 valence electrons. The molecule has 2 fully saturated rings. The first-order valence-corrected chi connectivity index (χ1v) is 9.08. The summed E-state index contributed by atoms with van der Waals surface area (Å²) in [6, 6.07) is 3.49. The molecule has 26 heavy (non-hydrogen) atoms. The first kappa shape index (κ1) is 18.6. The van der Waals surface area contributed by atoms with E-state index < -0.39 is 0 Å². The van der Waals surface area contributed by atoms with Crippen molar-refractivity contribution in [3.05, 3.63) is 28.8 Å². The van der Waals surface area contributed by atoms with Gasteiger partial charge in [0.25, 0.3) is 0 Å². The standard InChI is InChI=1S/C19H23ClN2O4/c1-25-16-12-13(11-15(20)18(16)26-2)3-6-17(23)21-7-9-22(10-8-21)19(24)14-4-5-14/h3,6,11-12,14H,4-5,7-10H2,1-2H3/b6-3+. The summed E-state index contributed by atoms with van der Waals surface area (Å²) in [5, 5.41) is 0.422. The maximum absolute atomic E-state index is 12.4. The Morgan fingerprint density at radius 2 is 1.73 bits per heavy atom. The van der Waals surface area contributed by atoms with Crippen molar-refractivity contribution in [2.75, 3.05) is 40.4 Å². The zero-order valence-electron chi connectivity index (χ0n) is 15.0. The number of benzene rings is 1. The number of hydrogen-bond acceptors (Lipinski definition) is 4. The van der Waals surface area contributed by atoms with E-state index >= 15 is 0 Å². The minimum Gasteiger partial charge on any atom is -0.493 e.